The molecule has 2 saturated heterocycles. The number of amides is 2. The number of carbonyl (C=O) groups excluding carboxylic acids is 2. The number of aromatic nitrogens is 8. The van der Waals surface area contributed by atoms with Gasteiger partial charge in [0, 0.05) is 30.1 Å². The normalized spacial score (nSPS) is 19.7. The lowest BCUT2D eigenvalue weighted by Gasteiger charge is -2.39. The Bertz CT molecular complexity index is 3550. The van der Waals surface area contributed by atoms with Crippen molar-refractivity contribution < 1.29 is 52.0 Å². The molecule has 85 heavy (non-hydrogen) atoms. The summed E-state index contributed by atoms with van der Waals surface area (Å²) >= 11 is 0. The van der Waals surface area contributed by atoms with Gasteiger partial charge in [-0.1, -0.05) is 102 Å². The summed E-state index contributed by atoms with van der Waals surface area (Å²) < 4.78 is 56.1. The third-order valence-electron chi connectivity index (χ3n) is 15.7. The molecular formula is C60H72N11O13P. The second-order valence-electron chi connectivity index (χ2n) is 21.6. The molecule has 8 atom stereocenters. The standard InChI is InChI=1S/C60H72N11O13P/c1-10-27-59(11-2,12-3)46(26-28-61)84-85(80-32-44-42(72)29-47(81-44)70-33-62-49-51(70)64-57(68-55(49)75)66-53(73)35(4)5)83-43-30-48(71-34-63-50-52(71)65-58(69-56(50)76)67-54(74)36(6)7)82-45(43)31-79-60(37-16-14-13-15-17-37,38-18-22-40(77-8)23-19-38)39-20-24-41(78-9)25-21-39/h10,13-25,33-36,42-48,72H,1,11-12,26-27,29-32H2,2-9H3,(H2,64,66,68,73,75)(H2,65,67,69,74,76)/t42-,43-,44+,45+,46?,47+,48+,85?/m0/s1. The number of ether oxygens (including phenoxy) is 5. The molecule has 450 valence electrons. The third-order valence-corrected chi connectivity index (χ3v) is 17.0. The molecule has 9 rings (SSSR count). The van der Waals surface area contributed by atoms with Crippen LogP contribution in [0.1, 0.15) is 109 Å². The number of benzene rings is 3. The zero-order valence-electron chi connectivity index (χ0n) is 48.7. The molecule has 0 aliphatic carbocycles. The smallest absolute Gasteiger partial charge is 0.333 e. The van der Waals surface area contributed by atoms with E-state index in [-0.39, 0.29) is 78.5 Å². The predicted octanol–water partition coefficient (Wildman–Crippen LogP) is 8.71. The highest BCUT2D eigenvalue weighted by molar-refractivity contribution is 7.41. The Morgan fingerprint density at radius 1 is 0.788 bits per heavy atom. The van der Waals surface area contributed by atoms with Gasteiger partial charge in [0.15, 0.2) is 22.3 Å². The first kappa shape index (κ1) is 61.8. The van der Waals surface area contributed by atoms with Crippen LogP contribution in [0, 0.1) is 28.6 Å². The summed E-state index contributed by atoms with van der Waals surface area (Å²) in [6.07, 6.45) is -0.151. The fourth-order valence-electron chi connectivity index (χ4n) is 10.7. The Morgan fingerprint density at radius 3 is 1.78 bits per heavy atom. The minimum atomic E-state index is -2.50. The molecule has 0 saturated carbocycles. The summed E-state index contributed by atoms with van der Waals surface area (Å²) in [5.41, 5.74) is -0.553. The summed E-state index contributed by atoms with van der Waals surface area (Å²) in [6, 6.07) is 27.2. The topological polar surface area (TPSA) is 303 Å². The van der Waals surface area contributed by atoms with Gasteiger partial charge in [0.2, 0.25) is 23.7 Å². The summed E-state index contributed by atoms with van der Waals surface area (Å²) in [4.78, 5) is 75.2. The van der Waals surface area contributed by atoms with E-state index in [9.17, 15) is 29.5 Å². The fourth-order valence-corrected chi connectivity index (χ4v) is 12.0. The highest BCUT2D eigenvalue weighted by Crippen LogP contribution is 2.53. The largest absolute Gasteiger partial charge is 0.497 e. The average molecular weight is 1190 g/mol. The number of methoxy groups -OCH3 is 2. The molecule has 24 nitrogen and oxygen atoms in total. The van der Waals surface area contributed by atoms with Gasteiger partial charge in [-0.3, -0.25) is 48.9 Å². The van der Waals surface area contributed by atoms with Crippen LogP contribution in [-0.2, 0) is 43.0 Å². The van der Waals surface area contributed by atoms with Crippen molar-refractivity contribution in [3.8, 4) is 17.6 Å². The monoisotopic (exact) mass is 1190 g/mol. The average Bonchev–Trinajstić information content (AvgIpc) is 4.13. The van der Waals surface area contributed by atoms with Crippen molar-refractivity contribution in [1.82, 2.24) is 39.0 Å². The van der Waals surface area contributed by atoms with Crippen LogP contribution in [0.25, 0.3) is 22.3 Å². The first-order chi connectivity index (χ1) is 41.0. The van der Waals surface area contributed by atoms with E-state index >= 15 is 0 Å². The second-order valence-corrected chi connectivity index (χ2v) is 22.7. The molecule has 4 aromatic heterocycles. The van der Waals surface area contributed by atoms with Crippen molar-refractivity contribution in [3.05, 3.63) is 142 Å². The number of anilines is 2. The van der Waals surface area contributed by atoms with E-state index in [1.807, 2.05) is 92.7 Å². The van der Waals surface area contributed by atoms with Gasteiger partial charge in [0.1, 0.15) is 41.8 Å². The summed E-state index contributed by atoms with van der Waals surface area (Å²) in [7, 11) is 0.689. The molecule has 25 heteroatoms. The number of nitriles is 1. The van der Waals surface area contributed by atoms with Crippen LogP contribution in [-0.4, -0.2) is 114 Å². The van der Waals surface area contributed by atoms with Crippen molar-refractivity contribution in [3.63, 3.8) is 0 Å². The van der Waals surface area contributed by atoms with Crippen molar-refractivity contribution in [1.29, 1.82) is 5.26 Å². The molecule has 2 fully saturated rings. The number of aliphatic hydroxyl groups is 1. The minimum absolute atomic E-state index is 0.00159. The van der Waals surface area contributed by atoms with E-state index in [4.69, 9.17) is 37.3 Å². The molecule has 0 radical (unpaired) electrons. The fraction of sp³-hybridized carbons (Fsp3) is 0.450. The number of nitrogens with one attached hydrogen (secondary N) is 4. The number of fused-ring (bicyclic) bond motifs is 2. The zero-order valence-corrected chi connectivity index (χ0v) is 49.6. The van der Waals surface area contributed by atoms with Crippen LogP contribution in [0.3, 0.4) is 0 Å². The van der Waals surface area contributed by atoms with Crippen LogP contribution in [0.4, 0.5) is 11.9 Å². The van der Waals surface area contributed by atoms with Crippen molar-refractivity contribution in [2.75, 3.05) is 38.1 Å². The van der Waals surface area contributed by atoms with Crippen molar-refractivity contribution in [2.24, 2.45) is 17.3 Å². The molecule has 3 aromatic carbocycles. The van der Waals surface area contributed by atoms with Gasteiger partial charge < -0.3 is 42.4 Å². The maximum absolute atomic E-state index is 13.6. The van der Waals surface area contributed by atoms with Crippen LogP contribution in [0.5, 0.6) is 11.5 Å². The quantitative estimate of drug-likeness (QED) is 0.0183. The van der Waals surface area contributed by atoms with Gasteiger partial charge in [0.25, 0.3) is 11.1 Å². The van der Waals surface area contributed by atoms with Crippen molar-refractivity contribution >= 4 is 54.6 Å². The van der Waals surface area contributed by atoms with Gasteiger partial charge in [-0.15, -0.1) is 6.58 Å². The number of imidazole rings is 2. The number of aliphatic hydroxyl groups excluding tert-OH is 1. The number of nitrogens with zero attached hydrogens (tertiary/aromatic N) is 7. The lowest BCUT2D eigenvalue weighted by atomic mass is 9.73. The number of allylic oxidation sites excluding steroid dienone is 1. The van der Waals surface area contributed by atoms with Gasteiger partial charge in [-0.05, 0) is 60.2 Å². The molecule has 2 unspecified atom stereocenters. The maximum atomic E-state index is 13.6. The third kappa shape index (κ3) is 13.2. The van der Waals surface area contributed by atoms with Gasteiger partial charge in [0.05, 0.1) is 70.9 Å². The number of aromatic amines is 2. The number of hydrogen-bond acceptors (Lipinski definition) is 18. The summed E-state index contributed by atoms with van der Waals surface area (Å²) in [6.45, 7) is 14.5. The van der Waals surface area contributed by atoms with E-state index in [2.05, 4.69) is 53.2 Å². The second kappa shape index (κ2) is 27.1. The van der Waals surface area contributed by atoms with E-state index < -0.39 is 85.5 Å². The maximum Gasteiger partial charge on any atom is 0.333 e. The predicted molar refractivity (Wildman–Crippen MR) is 315 cm³/mol. The zero-order chi connectivity index (χ0) is 60.6. The van der Waals surface area contributed by atoms with Crippen LogP contribution in [0.2, 0.25) is 0 Å². The Labute approximate surface area is 492 Å². The number of carbonyl (C=O) groups is 2. The molecular weight excluding hydrogens is 1110 g/mol. The lowest BCUT2D eigenvalue weighted by molar-refractivity contribution is -0.119. The number of H-pyrrole nitrogens is 2. The minimum Gasteiger partial charge on any atom is -0.497 e. The van der Waals surface area contributed by atoms with Gasteiger partial charge in [-0.2, -0.15) is 15.2 Å². The Hall–Kier alpha value is -7.72. The molecule has 2 aliphatic heterocycles. The van der Waals surface area contributed by atoms with E-state index in [1.54, 1.807) is 52.6 Å². The van der Waals surface area contributed by atoms with Crippen LogP contribution < -0.4 is 31.2 Å². The molecule has 0 spiro atoms. The van der Waals surface area contributed by atoms with Crippen molar-refractivity contribution in [2.45, 2.75) is 129 Å². The Balaban J connectivity index is 1.10. The van der Waals surface area contributed by atoms with Crippen LogP contribution >= 0.6 is 8.60 Å². The number of hydrogen-bond donors (Lipinski definition) is 5. The SMILES string of the molecule is C=CCC(CC)(CC)C(CC#N)OP(OC[C@H]1O[C@@H](n2cnc3c(=O)[nH]c(NC(=O)C(C)C)nc32)C[C@@H]1O)O[C@H]1C[C@H](n2cnc3c(=O)[nH]c(NC(=O)C(C)C)nc32)O[C@@H]1COC(c1ccccc1)(c1ccc(OC)cc1)c1ccc(OC)cc1. The molecule has 6 heterocycles. The highest BCUT2D eigenvalue weighted by atomic mass is 31.2. The van der Waals surface area contributed by atoms with Gasteiger partial charge in [-0.25, -0.2) is 9.97 Å². The summed E-state index contributed by atoms with van der Waals surface area (Å²) in [5.74, 6) is -0.431. The van der Waals surface area contributed by atoms with E-state index in [1.165, 1.54) is 17.2 Å². The molecule has 5 N–H and O–H groups in total. The molecule has 7 aromatic rings. The molecule has 2 amide bonds. The van der Waals surface area contributed by atoms with Crippen LogP contribution in [0.15, 0.2) is 114 Å². The van der Waals surface area contributed by atoms with E-state index in [0.717, 1.165) is 16.7 Å². The van der Waals surface area contributed by atoms with E-state index in [0.29, 0.717) is 30.8 Å². The highest BCUT2D eigenvalue weighted by Gasteiger charge is 2.47. The number of rotatable bonds is 27. The Morgan fingerprint density at radius 2 is 1.29 bits per heavy atom. The summed E-state index contributed by atoms with van der Waals surface area (Å²) in [5, 5.41) is 27.4. The lowest BCUT2D eigenvalue weighted by Crippen LogP contribution is -2.39. The molecule has 2 aliphatic rings. The Kier molecular flexibility index (Phi) is 19.7. The van der Waals surface area contributed by atoms with Gasteiger partial charge >= 0.3 is 8.60 Å². The first-order valence-corrected chi connectivity index (χ1v) is 29.3. The molecule has 0 bridgehead atoms. The first-order valence-electron chi connectivity index (χ1n) is 28.3.